The lowest BCUT2D eigenvalue weighted by Crippen LogP contribution is -2.61. The molecule has 656 valence electrons. The molecule has 12 aromatic rings. The molecule has 1 unspecified atom stereocenters. The maximum Gasteiger partial charge on any atom is 0.417 e. The summed E-state index contributed by atoms with van der Waals surface area (Å²) in [6.45, 7) is 19.2. The van der Waals surface area contributed by atoms with E-state index in [0.717, 1.165) is 206 Å². The highest BCUT2D eigenvalue weighted by Gasteiger charge is 2.40. The second-order valence-corrected chi connectivity index (χ2v) is 31.9. The quantitative estimate of drug-likeness (QED) is 0.0580. The number of aryl methyl sites for hydroxylation is 1. The molecule has 5 aromatic carbocycles. The Morgan fingerprint density at radius 2 is 1.06 bits per heavy atom. The molecule has 2 atom stereocenters. The first-order valence-corrected chi connectivity index (χ1v) is 41.4. The number of ether oxygens (including phenoxy) is 4. The van der Waals surface area contributed by atoms with E-state index < -0.39 is 52.2 Å². The van der Waals surface area contributed by atoms with Crippen LogP contribution in [0.2, 0.25) is 10.0 Å². The summed E-state index contributed by atoms with van der Waals surface area (Å²) in [5, 5.41) is 21.3. The van der Waals surface area contributed by atoms with Crippen LogP contribution in [0, 0.1) is 47.7 Å². The van der Waals surface area contributed by atoms with Crippen LogP contribution in [0.25, 0.3) is 57.0 Å². The molecule has 7 saturated heterocycles. The number of hydrogen-bond acceptors (Lipinski definition) is 26. The summed E-state index contributed by atoms with van der Waals surface area (Å²) in [6.07, 6.45) is 4.00. The summed E-state index contributed by atoms with van der Waals surface area (Å²) in [5.41, 5.74) is 22.4. The second-order valence-electron chi connectivity index (χ2n) is 31.0. The van der Waals surface area contributed by atoms with Crippen LogP contribution in [0.15, 0.2) is 147 Å². The van der Waals surface area contributed by atoms with Crippen molar-refractivity contribution in [3.05, 3.63) is 203 Å². The molecule has 7 aliphatic rings. The first-order chi connectivity index (χ1) is 60.3. The van der Waals surface area contributed by atoms with Crippen LogP contribution in [0.1, 0.15) is 30.4 Å². The summed E-state index contributed by atoms with van der Waals surface area (Å²) < 4.78 is 150. The number of anilines is 9. The topological polar surface area (TPSA) is 311 Å². The molecule has 19 rings (SSSR count). The minimum absolute atomic E-state index is 0.0384. The lowest BCUT2D eigenvalue weighted by molar-refractivity contribution is -0.137. The van der Waals surface area contributed by atoms with Crippen molar-refractivity contribution in [3.8, 4) is 57.0 Å². The first kappa shape index (κ1) is 86.7. The Labute approximate surface area is 722 Å². The van der Waals surface area contributed by atoms with E-state index in [0.29, 0.717) is 113 Å². The average molecular weight is 1770 g/mol. The second kappa shape index (κ2) is 38.3. The summed E-state index contributed by atoms with van der Waals surface area (Å²) in [4.78, 5) is 45.9. The van der Waals surface area contributed by atoms with Gasteiger partial charge in [-0.2, -0.15) is 27.8 Å². The van der Waals surface area contributed by atoms with Gasteiger partial charge in [-0.3, -0.25) is 14.7 Å². The van der Waals surface area contributed by atoms with Gasteiger partial charge in [-0.25, -0.2) is 65.3 Å². The van der Waals surface area contributed by atoms with Crippen LogP contribution in [0.3, 0.4) is 0 Å². The molecule has 41 heteroatoms. The first-order valence-electron chi connectivity index (χ1n) is 40.6. The summed E-state index contributed by atoms with van der Waals surface area (Å²) in [5.74, 6) is -1.80. The summed E-state index contributed by atoms with van der Waals surface area (Å²) in [6, 6.07) is 31.0. The number of piperazine rings is 1. The van der Waals surface area contributed by atoms with Crippen LogP contribution in [0.5, 0.6) is 0 Å². The van der Waals surface area contributed by atoms with Gasteiger partial charge in [0.2, 0.25) is 11.9 Å². The molecular formula is C84H89Cl2F9N26O4. The Kier molecular flexibility index (Phi) is 26.6. The number of aromatic nitrogens is 15. The van der Waals surface area contributed by atoms with Crippen molar-refractivity contribution in [1.29, 1.82) is 0 Å². The van der Waals surface area contributed by atoms with Crippen molar-refractivity contribution >= 4 is 75.4 Å². The smallest absolute Gasteiger partial charge is 0.384 e. The van der Waals surface area contributed by atoms with Crippen LogP contribution in [-0.2, 0) is 25.1 Å². The Balaban J connectivity index is 0.000000123. The van der Waals surface area contributed by atoms with E-state index in [1.54, 1.807) is 29.0 Å². The summed E-state index contributed by atoms with van der Waals surface area (Å²) in [7, 11) is 1.72. The van der Waals surface area contributed by atoms with Crippen molar-refractivity contribution in [1.82, 2.24) is 88.7 Å². The van der Waals surface area contributed by atoms with Crippen LogP contribution < -0.4 is 42.1 Å². The van der Waals surface area contributed by atoms with E-state index in [1.807, 2.05) is 55.5 Å². The molecule has 0 amide bonds. The zero-order valence-corrected chi connectivity index (χ0v) is 69.5. The number of alkyl halides is 3. The molecule has 7 N–H and O–H groups in total. The number of methoxy groups -OCH3 is 1. The van der Waals surface area contributed by atoms with E-state index in [1.165, 1.54) is 40.2 Å². The predicted molar refractivity (Wildman–Crippen MR) is 454 cm³/mol. The van der Waals surface area contributed by atoms with Gasteiger partial charge in [-0.1, -0.05) is 29.3 Å². The number of nitrogens with zero attached hydrogens (tertiary/aromatic N) is 22. The van der Waals surface area contributed by atoms with Gasteiger partial charge in [0.25, 0.3) is 0 Å². The van der Waals surface area contributed by atoms with Crippen molar-refractivity contribution in [2.24, 2.45) is 5.92 Å². The lowest BCUT2D eigenvalue weighted by Gasteiger charge is -2.47. The standard InChI is InChI=1S/C22H22F5N7O.C21H21ClF2N6O.C21H24F2N6O.C20H22ClN7O/c23-13-7-14(24)9-16(8-13)34-12-29-21(31-34)19-17(22(25,26)27)10-18(30-20(19)28)33-4-2-32(3-5-33)15-1-6-35-11-15;22-14-7-15(9-17(8-14)29-11-18(12-29)28-3-5-31-6-4-28)26-21-25-13-30(27-21)16-1-2-19(23)20(24)10-16;1-13-6-18(28-5-3-4-14(10-28)11-30-2)26-20(24)19(13)21-25-12-29(27-21)17-8-15(22)7-16(23)9-17;21-15-9-14(19-24-20(22)25-28(19)18-3-1-2-4-23-18)10-16(11-15)27-12-17(13-27)26-5-7-29-8-6-26/h7-10,12,15H,1-6,11H2,(H2,28,30);1-2,7-10,13,18H,3-6,11-12H2,(H,26,27);6-9,12,14H,3-5,10-11H2,1-2H3,(H2,24,26);1-4,9-11,17H,5-8,12-13H2,(H2,22,25)/t15-;;;/m0.../s1. The van der Waals surface area contributed by atoms with Crippen molar-refractivity contribution in [3.63, 3.8) is 0 Å². The molecule has 0 aliphatic carbocycles. The normalized spacial score (nSPS) is 18.0. The molecule has 30 nitrogen and oxygen atoms in total. The lowest BCUT2D eigenvalue weighted by atomic mass is 9.98. The fourth-order valence-corrected chi connectivity index (χ4v) is 16.6. The largest absolute Gasteiger partial charge is 0.417 e. The summed E-state index contributed by atoms with van der Waals surface area (Å²) >= 11 is 12.8. The number of halogens is 11. The van der Waals surface area contributed by atoms with Gasteiger partial charge in [-0.05, 0) is 135 Å². The maximum absolute atomic E-state index is 14.1. The maximum atomic E-state index is 14.1. The van der Waals surface area contributed by atoms with Crippen molar-refractivity contribution in [2.45, 2.75) is 50.5 Å². The fraction of sp³-hybridized carbons (Fsp3) is 0.369. The van der Waals surface area contributed by atoms with Gasteiger partial charge in [0.15, 0.2) is 34.9 Å². The van der Waals surface area contributed by atoms with Crippen molar-refractivity contribution < 1.29 is 58.5 Å². The highest BCUT2D eigenvalue weighted by Crippen LogP contribution is 2.42. The van der Waals surface area contributed by atoms with Gasteiger partial charge in [0, 0.05) is 181 Å². The molecule has 0 saturated carbocycles. The average Bonchev–Trinajstić information content (AvgIpc) is 1.76. The number of benzene rings is 5. The van der Waals surface area contributed by atoms with Gasteiger partial charge in [-0.15, -0.1) is 20.4 Å². The van der Waals surface area contributed by atoms with Crippen molar-refractivity contribution in [2.75, 3.05) is 187 Å². The number of rotatable bonds is 18. The van der Waals surface area contributed by atoms with Crippen LogP contribution in [-0.4, -0.2) is 252 Å². The minimum Gasteiger partial charge on any atom is -0.384 e. The van der Waals surface area contributed by atoms with Crippen LogP contribution in [0.4, 0.5) is 91.7 Å². The van der Waals surface area contributed by atoms with Gasteiger partial charge >= 0.3 is 6.18 Å². The zero-order valence-electron chi connectivity index (χ0n) is 68.0. The van der Waals surface area contributed by atoms with E-state index >= 15 is 0 Å². The molecule has 14 heterocycles. The van der Waals surface area contributed by atoms with E-state index in [2.05, 4.69) is 96.1 Å². The number of pyridine rings is 3. The monoisotopic (exact) mass is 1770 g/mol. The van der Waals surface area contributed by atoms with Gasteiger partial charge < -0.3 is 61.1 Å². The minimum atomic E-state index is -4.76. The molecule has 0 bridgehead atoms. The third kappa shape index (κ3) is 20.8. The molecule has 0 radical (unpaired) electrons. The third-order valence-electron chi connectivity index (χ3n) is 22.5. The third-order valence-corrected chi connectivity index (χ3v) is 23.0. The Bertz CT molecular complexity index is 5670. The van der Waals surface area contributed by atoms with E-state index in [-0.39, 0.29) is 34.8 Å². The number of hydrogen-bond donors (Lipinski definition) is 4. The Morgan fingerprint density at radius 1 is 0.488 bits per heavy atom. The van der Waals surface area contributed by atoms with Gasteiger partial charge in [0.1, 0.15) is 65.5 Å². The van der Waals surface area contributed by atoms with Crippen LogP contribution >= 0.6 is 23.2 Å². The number of nitrogen functional groups attached to an aromatic ring is 3. The molecule has 7 aromatic heterocycles. The van der Waals surface area contributed by atoms with E-state index in [4.69, 9.17) is 59.4 Å². The molecule has 7 fully saturated rings. The predicted octanol–water partition coefficient (Wildman–Crippen LogP) is 12.0. The molecule has 125 heavy (non-hydrogen) atoms. The van der Waals surface area contributed by atoms with Gasteiger partial charge in [0.05, 0.1) is 73.4 Å². The number of morpholine rings is 2. The fourth-order valence-electron chi connectivity index (χ4n) is 16.2. The molecule has 0 spiro atoms. The Hall–Kier alpha value is -11.8. The highest BCUT2D eigenvalue weighted by atomic mass is 35.5. The number of nitrogens with two attached hydrogens (primary N) is 3. The number of piperidine rings is 1. The Morgan fingerprint density at radius 3 is 1.64 bits per heavy atom. The number of nitrogens with one attached hydrogen (secondary N) is 1. The highest BCUT2D eigenvalue weighted by molar-refractivity contribution is 6.31. The molecular weight excluding hydrogens is 1680 g/mol. The SMILES string of the molecule is COCC1CCCN(c2cc(C)c(-c3ncn(-c4cc(F)cc(F)c4)n3)c(N)n2)C1.Fc1ccc(-n2cnc(Nc3cc(Cl)cc(N4CC(N5CCOCC5)C4)c3)n2)cc1F.Nc1nc(-c2cc(Cl)cc(N3CC(N4CCOCC4)C3)c2)n(-c2ccccn2)n1.Nc1nc(N2CCN([C@H]3CCOC3)CC2)cc(C(F)(F)F)c1-c1ncn(-c2cc(F)cc(F)c2)n1. The van der Waals surface area contributed by atoms with E-state index in [9.17, 15) is 39.5 Å². The zero-order chi connectivity index (χ0) is 87.2. The molecule has 7 aliphatic heterocycles.